The molecule has 108 valence electrons. The molecule has 2 nitrogen and oxygen atoms in total. The molecule has 0 N–H and O–H groups in total. The first-order valence-electron chi connectivity index (χ1n) is 7.08. The van der Waals surface area contributed by atoms with Crippen LogP contribution in [0.2, 0.25) is 0 Å². The Hall–Kier alpha value is -2.04. The second-order valence-corrected chi connectivity index (χ2v) is 7.49. The molecule has 0 aliphatic heterocycles. The van der Waals surface area contributed by atoms with Gasteiger partial charge in [-0.25, -0.2) is 0 Å². The van der Waals surface area contributed by atoms with Crippen molar-refractivity contribution in [2.75, 3.05) is 0 Å². The Morgan fingerprint density at radius 2 is 1.14 bits per heavy atom. The molecule has 0 fully saturated rings. The lowest BCUT2D eigenvalue weighted by Gasteiger charge is -1.98. The van der Waals surface area contributed by atoms with Gasteiger partial charge in [-0.2, -0.15) is 0 Å². The van der Waals surface area contributed by atoms with E-state index in [0.717, 1.165) is 11.4 Å². The minimum absolute atomic E-state index is 1.05. The van der Waals surface area contributed by atoms with E-state index < -0.39 is 0 Å². The molecule has 0 spiro atoms. The van der Waals surface area contributed by atoms with Gasteiger partial charge in [0.2, 0.25) is 0 Å². The Bertz CT molecular complexity index is 825. The Kier molecular flexibility index (Phi) is 3.28. The number of aryl methyl sites for hydroxylation is 2. The Labute approximate surface area is 137 Å². The van der Waals surface area contributed by atoms with Gasteiger partial charge in [0.05, 0.1) is 0 Å². The molecular weight excluding hydrogens is 308 g/mol. The first-order chi connectivity index (χ1) is 10.7. The molecule has 0 aliphatic rings. The van der Waals surface area contributed by atoms with Crippen molar-refractivity contribution >= 4 is 32.1 Å². The lowest BCUT2D eigenvalue weighted by atomic mass is 10.2. The van der Waals surface area contributed by atoms with Crippen LogP contribution in [-0.4, -0.2) is 9.97 Å². The summed E-state index contributed by atoms with van der Waals surface area (Å²) in [4.78, 5) is 11.3. The smallest absolute Gasteiger partial charge is 0.0463 e. The number of fused-ring (bicyclic) bond motifs is 1. The quantitative estimate of drug-likeness (QED) is 0.473. The molecule has 4 heterocycles. The fourth-order valence-corrected chi connectivity index (χ4v) is 4.72. The van der Waals surface area contributed by atoms with Crippen LogP contribution in [0.1, 0.15) is 11.4 Å². The Balaban J connectivity index is 1.73. The number of pyridine rings is 2. The highest BCUT2D eigenvalue weighted by Crippen LogP contribution is 2.41. The van der Waals surface area contributed by atoms with Gasteiger partial charge in [-0.3, -0.25) is 9.97 Å². The van der Waals surface area contributed by atoms with Crippen LogP contribution in [-0.2, 0) is 0 Å². The van der Waals surface area contributed by atoms with Gasteiger partial charge in [-0.1, -0.05) is 12.1 Å². The highest BCUT2D eigenvalue weighted by atomic mass is 32.1. The zero-order valence-electron chi connectivity index (χ0n) is 12.3. The third-order valence-electron chi connectivity index (χ3n) is 3.60. The van der Waals surface area contributed by atoms with Crippen molar-refractivity contribution in [1.29, 1.82) is 0 Å². The van der Waals surface area contributed by atoms with Crippen molar-refractivity contribution in [2.45, 2.75) is 13.8 Å². The number of hydrogen-bond acceptors (Lipinski definition) is 4. The zero-order chi connectivity index (χ0) is 15.1. The molecule has 0 radical (unpaired) electrons. The van der Waals surface area contributed by atoms with E-state index in [4.69, 9.17) is 0 Å². The molecule has 0 aliphatic carbocycles. The maximum atomic E-state index is 4.39. The number of nitrogens with zero attached hydrogens (tertiary/aromatic N) is 2. The van der Waals surface area contributed by atoms with Crippen molar-refractivity contribution in [3.05, 3.63) is 60.2 Å². The molecule has 0 bridgehead atoms. The molecule has 22 heavy (non-hydrogen) atoms. The maximum Gasteiger partial charge on any atom is 0.0463 e. The Morgan fingerprint density at radius 3 is 1.50 bits per heavy atom. The van der Waals surface area contributed by atoms with E-state index in [1.54, 1.807) is 0 Å². The van der Waals surface area contributed by atoms with E-state index in [-0.39, 0.29) is 0 Å². The van der Waals surface area contributed by atoms with Crippen LogP contribution in [0.25, 0.3) is 30.3 Å². The SMILES string of the molecule is Cc1ccc(-c2cc3sc(-c4ccc(C)nc4)cc3s2)cn1. The largest absolute Gasteiger partial charge is 0.261 e. The summed E-state index contributed by atoms with van der Waals surface area (Å²) in [5, 5.41) is 0. The number of aromatic nitrogens is 2. The molecule has 0 atom stereocenters. The van der Waals surface area contributed by atoms with Gasteiger partial charge in [0.15, 0.2) is 0 Å². The minimum atomic E-state index is 1.05. The van der Waals surface area contributed by atoms with Crippen molar-refractivity contribution in [1.82, 2.24) is 9.97 Å². The van der Waals surface area contributed by atoms with E-state index in [2.05, 4.69) is 46.4 Å². The second-order valence-electron chi connectivity index (χ2n) is 5.33. The average Bonchev–Trinajstić information content (AvgIpc) is 3.07. The van der Waals surface area contributed by atoms with Crippen LogP contribution in [0.15, 0.2) is 48.8 Å². The molecule has 4 heteroatoms. The molecular formula is C18H14N2S2. The molecule has 0 amide bonds. The third-order valence-corrected chi connectivity index (χ3v) is 5.99. The molecule has 4 rings (SSSR count). The van der Waals surface area contributed by atoms with Crippen LogP contribution in [0, 0.1) is 13.8 Å². The van der Waals surface area contributed by atoms with Gasteiger partial charge in [0.1, 0.15) is 0 Å². The van der Waals surface area contributed by atoms with E-state index in [1.807, 2.05) is 48.9 Å². The van der Waals surface area contributed by atoms with E-state index in [0.29, 0.717) is 0 Å². The molecule has 0 aromatic carbocycles. The second kappa shape index (κ2) is 5.30. The maximum absolute atomic E-state index is 4.39. The van der Waals surface area contributed by atoms with Gasteiger partial charge in [-0.15, -0.1) is 22.7 Å². The van der Waals surface area contributed by atoms with Gasteiger partial charge in [0.25, 0.3) is 0 Å². The third kappa shape index (κ3) is 2.45. The van der Waals surface area contributed by atoms with Gasteiger partial charge in [-0.05, 0) is 38.1 Å². The molecule has 0 unspecified atom stereocenters. The monoisotopic (exact) mass is 322 g/mol. The lowest BCUT2D eigenvalue weighted by Crippen LogP contribution is -1.80. The standard InChI is InChI=1S/C18H14N2S2/c1-11-3-5-13(9-19-11)15-7-17-18(21-15)8-16(22-17)14-6-4-12(2)20-10-14/h3-10H,1-2H3. The summed E-state index contributed by atoms with van der Waals surface area (Å²) in [5.74, 6) is 0. The summed E-state index contributed by atoms with van der Waals surface area (Å²) < 4.78 is 2.66. The summed E-state index contributed by atoms with van der Waals surface area (Å²) in [6.45, 7) is 4.03. The van der Waals surface area contributed by atoms with Crippen molar-refractivity contribution in [2.24, 2.45) is 0 Å². The minimum Gasteiger partial charge on any atom is -0.261 e. The topological polar surface area (TPSA) is 25.8 Å². The lowest BCUT2D eigenvalue weighted by molar-refractivity contribution is 1.20. The van der Waals surface area contributed by atoms with Crippen LogP contribution < -0.4 is 0 Å². The summed E-state index contributed by atoms with van der Waals surface area (Å²) in [6, 6.07) is 12.9. The average molecular weight is 322 g/mol. The first-order valence-corrected chi connectivity index (χ1v) is 8.72. The first kappa shape index (κ1) is 13.6. The van der Waals surface area contributed by atoms with E-state index in [1.165, 1.54) is 30.3 Å². The van der Waals surface area contributed by atoms with Crippen molar-refractivity contribution in [3.63, 3.8) is 0 Å². The normalized spacial score (nSPS) is 11.2. The summed E-state index contributed by atoms with van der Waals surface area (Å²) in [6.07, 6.45) is 3.91. The van der Waals surface area contributed by atoms with Crippen LogP contribution in [0.4, 0.5) is 0 Å². The molecule has 0 saturated heterocycles. The molecule has 0 saturated carbocycles. The van der Waals surface area contributed by atoms with Crippen molar-refractivity contribution < 1.29 is 0 Å². The predicted octanol–water partition coefficient (Wildman–Crippen LogP) is 5.70. The van der Waals surface area contributed by atoms with Gasteiger partial charge >= 0.3 is 0 Å². The summed E-state index contributed by atoms with van der Waals surface area (Å²) in [5.41, 5.74) is 4.49. The highest BCUT2D eigenvalue weighted by molar-refractivity contribution is 7.31. The van der Waals surface area contributed by atoms with Crippen LogP contribution in [0.3, 0.4) is 0 Å². The summed E-state index contributed by atoms with van der Waals surface area (Å²) >= 11 is 3.65. The number of hydrogen-bond donors (Lipinski definition) is 0. The van der Waals surface area contributed by atoms with E-state index >= 15 is 0 Å². The number of thiophene rings is 2. The van der Waals surface area contributed by atoms with Gasteiger partial charge in [0, 0.05) is 54.1 Å². The van der Waals surface area contributed by atoms with Crippen LogP contribution >= 0.6 is 22.7 Å². The van der Waals surface area contributed by atoms with E-state index in [9.17, 15) is 0 Å². The Morgan fingerprint density at radius 1 is 0.682 bits per heavy atom. The molecule has 4 aromatic rings. The predicted molar refractivity (Wildman–Crippen MR) is 95.6 cm³/mol. The van der Waals surface area contributed by atoms with Gasteiger partial charge < -0.3 is 0 Å². The molecule has 4 aromatic heterocycles. The highest BCUT2D eigenvalue weighted by Gasteiger charge is 2.10. The zero-order valence-corrected chi connectivity index (χ0v) is 14.0. The fraction of sp³-hybridized carbons (Fsp3) is 0.111. The number of rotatable bonds is 2. The fourth-order valence-electron chi connectivity index (χ4n) is 2.35. The van der Waals surface area contributed by atoms with Crippen LogP contribution in [0.5, 0.6) is 0 Å². The van der Waals surface area contributed by atoms with Crippen molar-refractivity contribution in [3.8, 4) is 20.9 Å². The summed E-state index contributed by atoms with van der Waals surface area (Å²) in [7, 11) is 0.